The molecule has 4 heteroatoms. The van der Waals surface area contributed by atoms with Crippen LogP contribution in [0.4, 0.5) is 5.69 Å². The first-order chi connectivity index (χ1) is 26.7. The Morgan fingerprint density at radius 1 is 0.407 bits per heavy atom. The van der Waals surface area contributed by atoms with Crippen molar-refractivity contribution in [1.82, 2.24) is 15.0 Å². The molecule has 1 aromatic heterocycles. The van der Waals surface area contributed by atoms with E-state index in [0.717, 1.165) is 35.1 Å². The van der Waals surface area contributed by atoms with Gasteiger partial charge in [-0.25, -0.2) is 19.8 Å². The Morgan fingerprint density at radius 3 is 1.50 bits per heavy atom. The molecule has 2 aliphatic rings. The summed E-state index contributed by atoms with van der Waals surface area (Å²) < 4.78 is 0. The van der Waals surface area contributed by atoms with Gasteiger partial charge in [0.15, 0.2) is 23.2 Å². The van der Waals surface area contributed by atoms with E-state index in [0.29, 0.717) is 23.2 Å². The van der Waals surface area contributed by atoms with Crippen LogP contribution < -0.4 is 0 Å². The van der Waals surface area contributed by atoms with Crippen molar-refractivity contribution in [2.45, 2.75) is 37.5 Å². The fourth-order valence-corrected chi connectivity index (χ4v) is 8.96. The van der Waals surface area contributed by atoms with Gasteiger partial charge in [-0.3, -0.25) is 0 Å². The Labute approximate surface area is 315 Å². The lowest BCUT2D eigenvalue weighted by molar-refractivity contribution is 0.353. The average molecular weight is 693 g/mol. The highest BCUT2D eigenvalue weighted by Gasteiger charge is 2.43. The highest BCUT2D eigenvalue weighted by molar-refractivity contribution is 6.05. The molecule has 8 aromatic rings. The topological polar surface area (TPSA) is 43.0 Å². The molecular weight excluding hydrogens is 657 g/mol. The van der Waals surface area contributed by atoms with E-state index in [-0.39, 0.29) is 5.41 Å². The lowest BCUT2D eigenvalue weighted by Crippen LogP contribution is -2.28. The van der Waals surface area contributed by atoms with E-state index in [9.17, 15) is 0 Å². The standard InChI is InChI=1S/C50H36N4/c1-51-38-24-28-45-44(32-38)43-25-23-37(31-46(43)50(45)29-11-4-12-30-50)40-27-26-39(41-17-9-10-18-42(40)41)33-19-21-36(22-20-33)49-53-47(34-13-5-2-6-14-34)52-48(54-49)35-15-7-3-8-16-35/h2-3,5-10,13-28,31-32H,4,11-12,29-30H2. The van der Waals surface area contributed by atoms with Crippen LogP contribution in [0.3, 0.4) is 0 Å². The van der Waals surface area contributed by atoms with Crippen molar-refractivity contribution in [1.29, 1.82) is 0 Å². The van der Waals surface area contributed by atoms with Crippen LogP contribution in [-0.4, -0.2) is 15.0 Å². The molecule has 1 fully saturated rings. The zero-order valence-corrected chi connectivity index (χ0v) is 29.8. The number of nitrogens with zero attached hydrogens (tertiary/aromatic N) is 4. The van der Waals surface area contributed by atoms with E-state index in [1.54, 1.807) is 0 Å². The first-order valence-electron chi connectivity index (χ1n) is 18.9. The van der Waals surface area contributed by atoms with E-state index < -0.39 is 0 Å². The molecule has 0 unspecified atom stereocenters. The third-order valence-electron chi connectivity index (χ3n) is 11.6. The summed E-state index contributed by atoms with van der Waals surface area (Å²) in [6, 6.07) is 55.6. The molecule has 2 aliphatic carbocycles. The van der Waals surface area contributed by atoms with Gasteiger partial charge in [-0.1, -0.05) is 165 Å². The van der Waals surface area contributed by atoms with Crippen molar-refractivity contribution >= 4 is 16.5 Å². The van der Waals surface area contributed by atoms with Gasteiger partial charge >= 0.3 is 0 Å². The molecule has 7 aromatic carbocycles. The van der Waals surface area contributed by atoms with Gasteiger partial charge in [-0.15, -0.1) is 0 Å². The lowest BCUT2D eigenvalue weighted by atomic mass is 9.67. The van der Waals surface area contributed by atoms with Gasteiger partial charge < -0.3 is 0 Å². The molecule has 1 spiro atoms. The molecule has 4 nitrogen and oxygen atoms in total. The molecule has 1 heterocycles. The van der Waals surface area contributed by atoms with Crippen LogP contribution in [0.2, 0.25) is 0 Å². The maximum absolute atomic E-state index is 7.67. The van der Waals surface area contributed by atoms with Crippen LogP contribution in [0.1, 0.15) is 43.2 Å². The molecule has 0 saturated heterocycles. The first-order valence-corrected chi connectivity index (χ1v) is 18.9. The third-order valence-corrected chi connectivity index (χ3v) is 11.6. The van der Waals surface area contributed by atoms with Crippen molar-refractivity contribution in [2.24, 2.45) is 0 Å². The Bertz CT molecular complexity index is 2680. The highest BCUT2D eigenvalue weighted by atomic mass is 15.0. The predicted octanol–water partition coefficient (Wildman–Crippen LogP) is 13.1. The van der Waals surface area contributed by atoms with Crippen LogP contribution in [0.25, 0.3) is 83.2 Å². The van der Waals surface area contributed by atoms with Crippen molar-refractivity contribution in [3.8, 4) is 67.5 Å². The van der Waals surface area contributed by atoms with Crippen molar-refractivity contribution in [2.75, 3.05) is 0 Å². The lowest BCUT2D eigenvalue weighted by Gasteiger charge is -2.36. The summed E-state index contributed by atoms with van der Waals surface area (Å²) in [7, 11) is 0. The van der Waals surface area contributed by atoms with E-state index in [1.165, 1.54) is 69.0 Å². The molecule has 1 saturated carbocycles. The Hall–Kier alpha value is -6.70. The predicted molar refractivity (Wildman–Crippen MR) is 220 cm³/mol. The summed E-state index contributed by atoms with van der Waals surface area (Å²) in [5, 5.41) is 2.46. The van der Waals surface area contributed by atoms with Gasteiger partial charge in [0.05, 0.1) is 6.57 Å². The number of hydrogen-bond acceptors (Lipinski definition) is 3. The molecule has 10 rings (SSSR count). The fourth-order valence-electron chi connectivity index (χ4n) is 8.96. The molecule has 54 heavy (non-hydrogen) atoms. The maximum Gasteiger partial charge on any atom is 0.187 e. The van der Waals surface area contributed by atoms with Gasteiger partial charge in [0.25, 0.3) is 0 Å². The molecule has 0 amide bonds. The van der Waals surface area contributed by atoms with Crippen molar-refractivity contribution < 1.29 is 0 Å². The van der Waals surface area contributed by atoms with Gasteiger partial charge in [0.1, 0.15) is 0 Å². The number of rotatable bonds is 5. The van der Waals surface area contributed by atoms with Gasteiger partial charge in [0.2, 0.25) is 0 Å². The van der Waals surface area contributed by atoms with Crippen LogP contribution in [0.5, 0.6) is 0 Å². The van der Waals surface area contributed by atoms with Gasteiger partial charge in [-0.2, -0.15) is 0 Å². The van der Waals surface area contributed by atoms with E-state index in [2.05, 4.69) is 95.8 Å². The van der Waals surface area contributed by atoms with E-state index >= 15 is 0 Å². The zero-order valence-electron chi connectivity index (χ0n) is 29.8. The van der Waals surface area contributed by atoms with Crippen LogP contribution in [0.15, 0.2) is 158 Å². The first kappa shape index (κ1) is 32.0. The monoisotopic (exact) mass is 692 g/mol. The largest absolute Gasteiger partial charge is 0.238 e. The summed E-state index contributed by atoms with van der Waals surface area (Å²) in [5.41, 5.74) is 13.8. The SMILES string of the molecule is [C-]#[N+]c1ccc2c(c1)-c1ccc(-c3ccc(-c4ccc(-c5nc(-c6ccccc6)nc(-c6ccccc6)n5)cc4)c4ccccc34)cc1C21CCCCC1. The smallest absolute Gasteiger partial charge is 0.187 e. The van der Waals surface area contributed by atoms with Crippen molar-refractivity contribution in [3.63, 3.8) is 0 Å². The van der Waals surface area contributed by atoms with Crippen LogP contribution >= 0.6 is 0 Å². The summed E-state index contributed by atoms with van der Waals surface area (Å²) >= 11 is 0. The summed E-state index contributed by atoms with van der Waals surface area (Å²) in [6.07, 6.45) is 6.09. The molecule has 0 aliphatic heterocycles. The molecular formula is C50H36N4. The quantitative estimate of drug-likeness (QED) is 0.169. The molecule has 0 atom stereocenters. The van der Waals surface area contributed by atoms with Crippen molar-refractivity contribution in [3.05, 3.63) is 180 Å². The van der Waals surface area contributed by atoms with Crippen LogP contribution in [-0.2, 0) is 5.41 Å². The minimum Gasteiger partial charge on any atom is -0.238 e. The minimum atomic E-state index is 0.0270. The highest BCUT2D eigenvalue weighted by Crippen LogP contribution is 2.57. The maximum atomic E-state index is 7.67. The minimum absolute atomic E-state index is 0.0270. The summed E-state index contributed by atoms with van der Waals surface area (Å²) in [6.45, 7) is 7.67. The number of benzene rings is 7. The Balaban J connectivity index is 1.04. The van der Waals surface area contributed by atoms with Gasteiger partial charge in [-0.05, 0) is 80.3 Å². The zero-order chi connectivity index (χ0) is 36.1. The number of fused-ring (bicyclic) bond motifs is 6. The summed E-state index contributed by atoms with van der Waals surface area (Å²) in [5.74, 6) is 1.96. The second-order valence-corrected chi connectivity index (χ2v) is 14.6. The van der Waals surface area contributed by atoms with E-state index in [4.69, 9.17) is 21.5 Å². The molecule has 0 radical (unpaired) electrons. The summed E-state index contributed by atoms with van der Waals surface area (Å²) in [4.78, 5) is 18.5. The second kappa shape index (κ2) is 13.1. The van der Waals surface area contributed by atoms with E-state index in [1.807, 2.05) is 66.7 Å². The molecule has 256 valence electrons. The number of hydrogen-bond donors (Lipinski definition) is 0. The second-order valence-electron chi connectivity index (χ2n) is 14.6. The Morgan fingerprint density at radius 2 is 0.907 bits per heavy atom. The molecule has 0 N–H and O–H groups in total. The Kier molecular flexibility index (Phi) is 7.74. The van der Waals surface area contributed by atoms with Crippen LogP contribution in [0, 0.1) is 6.57 Å². The molecule has 0 bridgehead atoms. The average Bonchev–Trinajstić information content (AvgIpc) is 3.51. The fraction of sp³-hybridized carbons (Fsp3) is 0.120. The normalized spacial score (nSPS) is 14.1. The number of aromatic nitrogens is 3. The van der Waals surface area contributed by atoms with Gasteiger partial charge in [0, 0.05) is 22.1 Å². The third kappa shape index (κ3) is 5.32.